The number of thiophene rings is 1. The molecule has 11 heteroatoms. The minimum atomic E-state index is -3.99. The summed E-state index contributed by atoms with van der Waals surface area (Å²) in [4.78, 5) is 18.4. The van der Waals surface area contributed by atoms with Crippen LogP contribution in [0.5, 0.6) is 5.75 Å². The summed E-state index contributed by atoms with van der Waals surface area (Å²) < 4.78 is 43.1. The lowest BCUT2D eigenvalue weighted by atomic mass is 10.0. The van der Waals surface area contributed by atoms with Crippen molar-refractivity contribution in [2.24, 2.45) is 5.92 Å². The van der Waals surface area contributed by atoms with E-state index in [1.807, 2.05) is 57.2 Å². The number of aryl methyl sites for hydroxylation is 4. The molecule has 0 fully saturated rings. The molecule has 1 aromatic carbocycles. The lowest BCUT2D eigenvalue weighted by molar-refractivity contribution is 0.272. The molecular formula is C31H34N4O5S2. The molecule has 42 heavy (non-hydrogen) atoms. The second kappa shape index (κ2) is 11.4. The normalized spacial score (nSPS) is 11.9. The molecule has 0 bridgehead atoms. The van der Waals surface area contributed by atoms with Gasteiger partial charge in [-0.2, -0.15) is 0 Å². The highest BCUT2D eigenvalue weighted by atomic mass is 32.2. The third-order valence-corrected chi connectivity index (χ3v) is 9.93. The molecule has 0 aliphatic heterocycles. The smallest absolute Gasteiger partial charge is 0.273 e. The molecule has 220 valence electrons. The maximum absolute atomic E-state index is 13.6. The Hall–Kier alpha value is -3.96. The highest BCUT2D eigenvalue weighted by molar-refractivity contribution is 7.94. The highest BCUT2D eigenvalue weighted by Crippen LogP contribution is 2.41. The van der Waals surface area contributed by atoms with Gasteiger partial charge in [-0.15, -0.1) is 11.3 Å². The van der Waals surface area contributed by atoms with E-state index in [4.69, 9.17) is 9.26 Å². The molecule has 4 aromatic heterocycles. The van der Waals surface area contributed by atoms with Crippen molar-refractivity contribution in [2.75, 3.05) is 11.3 Å². The van der Waals surface area contributed by atoms with Crippen LogP contribution in [-0.2, 0) is 16.6 Å². The quantitative estimate of drug-likeness (QED) is 0.203. The lowest BCUT2D eigenvalue weighted by Gasteiger charge is -2.17. The van der Waals surface area contributed by atoms with Gasteiger partial charge in [0, 0.05) is 44.4 Å². The van der Waals surface area contributed by atoms with E-state index < -0.39 is 10.0 Å². The van der Waals surface area contributed by atoms with E-state index >= 15 is 0 Å². The Bertz CT molecular complexity index is 1970. The van der Waals surface area contributed by atoms with E-state index in [1.165, 1.54) is 11.3 Å². The second-order valence-electron chi connectivity index (χ2n) is 11.0. The van der Waals surface area contributed by atoms with Gasteiger partial charge in [0.25, 0.3) is 15.6 Å². The summed E-state index contributed by atoms with van der Waals surface area (Å²) in [5, 5.41) is 4.79. The summed E-state index contributed by atoms with van der Waals surface area (Å²) in [5.41, 5.74) is 5.06. The molecule has 0 radical (unpaired) electrons. The van der Waals surface area contributed by atoms with Gasteiger partial charge in [-0.3, -0.25) is 14.5 Å². The van der Waals surface area contributed by atoms with Crippen molar-refractivity contribution in [1.29, 1.82) is 0 Å². The van der Waals surface area contributed by atoms with E-state index in [1.54, 1.807) is 24.5 Å². The average Bonchev–Trinajstić information content (AvgIpc) is 3.46. The van der Waals surface area contributed by atoms with Crippen molar-refractivity contribution >= 4 is 38.1 Å². The largest absolute Gasteiger partial charge is 0.493 e. The summed E-state index contributed by atoms with van der Waals surface area (Å²) in [6.45, 7) is 14.1. The summed E-state index contributed by atoms with van der Waals surface area (Å²) in [5.74, 6) is 1.50. The second-order valence-corrected chi connectivity index (χ2v) is 14.1. The van der Waals surface area contributed by atoms with E-state index in [-0.39, 0.29) is 21.5 Å². The lowest BCUT2D eigenvalue weighted by Crippen LogP contribution is -2.20. The minimum Gasteiger partial charge on any atom is -0.493 e. The zero-order chi connectivity index (χ0) is 30.3. The fourth-order valence-electron chi connectivity index (χ4n) is 4.79. The third-order valence-electron chi connectivity index (χ3n) is 7.01. The van der Waals surface area contributed by atoms with Gasteiger partial charge in [-0.1, -0.05) is 31.1 Å². The van der Waals surface area contributed by atoms with E-state index in [9.17, 15) is 13.2 Å². The highest BCUT2D eigenvalue weighted by Gasteiger charge is 2.27. The number of rotatable bonds is 9. The number of benzene rings is 1. The van der Waals surface area contributed by atoms with Gasteiger partial charge in [-0.05, 0) is 70.4 Å². The molecule has 0 amide bonds. The first-order valence-electron chi connectivity index (χ1n) is 13.6. The minimum absolute atomic E-state index is 0.118. The van der Waals surface area contributed by atoms with Crippen molar-refractivity contribution in [2.45, 2.75) is 59.2 Å². The number of nitrogens with zero attached hydrogens (tertiary/aromatic N) is 3. The van der Waals surface area contributed by atoms with Gasteiger partial charge < -0.3 is 13.8 Å². The van der Waals surface area contributed by atoms with Crippen LogP contribution in [0.1, 0.15) is 47.0 Å². The van der Waals surface area contributed by atoms with Crippen LogP contribution in [0, 0.1) is 40.5 Å². The van der Waals surface area contributed by atoms with Crippen LogP contribution < -0.4 is 15.0 Å². The number of anilines is 1. The first-order valence-corrected chi connectivity index (χ1v) is 15.9. The van der Waals surface area contributed by atoms with Crippen molar-refractivity contribution in [3.8, 4) is 16.9 Å². The fourth-order valence-corrected chi connectivity index (χ4v) is 7.49. The van der Waals surface area contributed by atoms with Crippen LogP contribution in [0.25, 0.3) is 22.0 Å². The summed E-state index contributed by atoms with van der Waals surface area (Å²) >= 11 is 1.18. The van der Waals surface area contributed by atoms with E-state index in [2.05, 4.69) is 28.7 Å². The molecule has 0 atom stereocenters. The Morgan fingerprint density at radius 1 is 1.02 bits per heavy atom. The van der Waals surface area contributed by atoms with Gasteiger partial charge in [0.2, 0.25) is 0 Å². The van der Waals surface area contributed by atoms with Crippen LogP contribution in [0.15, 0.2) is 56.0 Å². The van der Waals surface area contributed by atoms with Crippen molar-refractivity contribution < 1.29 is 17.7 Å². The molecule has 4 heterocycles. The van der Waals surface area contributed by atoms with E-state index in [0.29, 0.717) is 41.4 Å². The molecule has 0 saturated carbocycles. The Kier molecular flexibility index (Phi) is 8.00. The molecular weight excluding hydrogens is 572 g/mol. The number of nitrogens with one attached hydrogen (secondary N) is 1. The van der Waals surface area contributed by atoms with Gasteiger partial charge in [-0.25, -0.2) is 8.42 Å². The molecule has 1 N–H and O–H groups in total. The van der Waals surface area contributed by atoms with Crippen LogP contribution in [0.2, 0.25) is 0 Å². The zero-order valence-corrected chi connectivity index (χ0v) is 26.4. The zero-order valence-electron chi connectivity index (χ0n) is 24.7. The van der Waals surface area contributed by atoms with Gasteiger partial charge in [0.15, 0.2) is 5.82 Å². The van der Waals surface area contributed by atoms with Crippen LogP contribution in [0.3, 0.4) is 0 Å². The molecule has 9 nitrogen and oxygen atoms in total. The van der Waals surface area contributed by atoms with Crippen LogP contribution >= 0.6 is 11.3 Å². The van der Waals surface area contributed by atoms with Gasteiger partial charge in [0.1, 0.15) is 15.7 Å². The number of ether oxygens (including phenoxy) is 1. The third kappa shape index (κ3) is 5.84. The summed E-state index contributed by atoms with van der Waals surface area (Å²) in [6.07, 6.45) is 0. The maximum Gasteiger partial charge on any atom is 0.273 e. The fraction of sp³-hybridized carbons (Fsp3) is 0.323. The molecule has 0 saturated heterocycles. The summed E-state index contributed by atoms with van der Waals surface area (Å²) in [7, 11) is -3.99. The Balaban J connectivity index is 1.59. The van der Waals surface area contributed by atoms with Gasteiger partial charge in [0.05, 0.1) is 18.7 Å². The number of pyridine rings is 2. The monoisotopic (exact) mass is 606 g/mol. The number of aromatic nitrogens is 3. The number of hydrogen-bond acceptors (Lipinski definition) is 8. The van der Waals surface area contributed by atoms with Crippen molar-refractivity contribution in [3.63, 3.8) is 0 Å². The van der Waals surface area contributed by atoms with Crippen LogP contribution in [0.4, 0.5) is 5.82 Å². The SMILES string of the molecule is Cc1cc2c(ccc(=O)n2Cc2ccc(-c3cc(C)sc3S(=O)(=O)Nc3noc(C)c3C)c(OCC(C)C)c2)c(C)n1. The predicted molar refractivity (Wildman–Crippen MR) is 166 cm³/mol. The number of hydrogen-bond donors (Lipinski definition) is 1. The number of sulfonamides is 1. The average molecular weight is 607 g/mol. The van der Waals surface area contributed by atoms with Crippen molar-refractivity contribution in [1.82, 2.24) is 14.7 Å². The van der Waals surface area contributed by atoms with Crippen molar-refractivity contribution in [3.05, 3.63) is 86.0 Å². The molecule has 0 aliphatic carbocycles. The first kappa shape index (κ1) is 29.5. The Labute approximate surface area is 249 Å². The molecule has 5 aromatic rings. The molecule has 0 spiro atoms. The topological polar surface area (TPSA) is 116 Å². The van der Waals surface area contributed by atoms with Gasteiger partial charge >= 0.3 is 0 Å². The Morgan fingerprint density at radius 2 is 1.79 bits per heavy atom. The molecule has 0 unspecified atom stereocenters. The Morgan fingerprint density at radius 3 is 2.48 bits per heavy atom. The molecule has 5 rings (SSSR count). The number of fused-ring (bicyclic) bond motifs is 1. The standard InChI is InChI=1S/C31H34N4O5S2/c1-17(2)16-39-28-14-23(15-35-27-12-18(3)32-21(6)24(27)10-11-29(35)36)8-9-25(28)26-13-19(4)41-31(26)42(37,38)34-30-20(5)22(7)40-33-30/h8-14,17H,15-16H2,1-7H3,(H,33,34). The van der Waals surface area contributed by atoms with Crippen LogP contribution in [-0.4, -0.2) is 29.7 Å². The maximum atomic E-state index is 13.6. The van der Waals surface area contributed by atoms with E-state index in [0.717, 1.165) is 32.7 Å². The molecule has 0 aliphatic rings. The first-order chi connectivity index (χ1) is 19.8. The predicted octanol–water partition coefficient (Wildman–Crippen LogP) is 6.54. The summed E-state index contributed by atoms with van der Waals surface area (Å²) in [6, 6.07) is 12.8.